The van der Waals surface area contributed by atoms with Crippen LogP contribution in [0.15, 0.2) is 67.0 Å². The number of nitrogens with one attached hydrogen (secondary N) is 1. The van der Waals surface area contributed by atoms with Crippen molar-refractivity contribution in [2.75, 3.05) is 0 Å². The number of rotatable bonds is 5. The Bertz CT molecular complexity index is 813. The SMILES string of the molecule is C[C@H](Cn1cccn1)NC(=O)c1ccc(-c2cccc(F)c2)cc1. The Balaban J connectivity index is 1.65. The van der Waals surface area contributed by atoms with Crippen molar-refractivity contribution in [1.29, 1.82) is 0 Å². The van der Waals surface area contributed by atoms with E-state index >= 15 is 0 Å². The van der Waals surface area contributed by atoms with E-state index in [1.807, 2.05) is 37.4 Å². The molecule has 0 bridgehead atoms. The minimum Gasteiger partial charge on any atom is -0.348 e. The zero-order valence-electron chi connectivity index (χ0n) is 13.3. The van der Waals surface area contributed by atoms with E-state index in [0.717, 1.165) is 11.1 Å². The van der Waals surface area contributed by atoms with Crippen molar-refractivity contribution >= 4 is 5.91 Å². The normalized spacial score (nSPS) is 11.9. The van der Waals surface area contributed by atoms with Crippen molar-refractivity contribution in [1.82, 2.24) is 15.1 Å². The molecule has 24 heavy (non-hydrogen) atoms. The molecule has 1 amide bonds. The lowest BCUT2D eigenvalue weighted by molar-refractivity contribution is 0.0936. The van der Waals surface area contributed by atoms with Crippen LogP contribution in [0.5, 0.6) is 0 Å². The van der Waals surface area contributed by atoms with E-state index in [4.69, 9.17) is 0 Å². The fraction of sp³-hybridized carbons (Fsp3) is 0.158. The minimum absolute atomic E-state index is 0.0414. The predicted molar refractivity (Wildman–Crippen MR) is 91.0 cm³/mol. The monoisotopic (exact) mass is 323 g/mol. The third-order valence-electron chi connectivity index (χ3n) is 3.70. The highest BCUT2D eigenvalue weighted by molar-refractivity contribution is 5.94. The van der Waals surface area contributed by atoms with Gasteiger partial charge in [-0.25, -0.2) is 4.39 Å². The van der Waals surface area contributed by atoms with Crippen molar-refractivity contribution in [2.24, 2.45) is 0 Å². The fourth-order valence-corrected chi connectivity index (χ4v) is 2.52. The smallest absolute Gasteiger partial charge is 0.251 e. The first-order chi connectivity index (χ1) is 11.6. The van der Waals surface area contributed by atoms with E-state index in [9.17, 15) is 9.18 Å². The van der Waals surface area contributed by atoms with Gasteiger partial charge in [0.2, 0.25) is 0 Å². The maximum absolute atomic E-state index is 13.3. The van der Waals surface area contributed by atoms with E-state index in [1.54, 1.807) is 29.1 Å². The van der Waals surface area contributed by atoms with Gasteiger partial charge in [0, 0.05) is 24.0 Å². The molecule has 2 aromatic carbocycles. The van der Waals surface area contributed by atoms with E-state index in [0.29, 0.717) is 12.1 Å². The summed E-state index contributed by atoms with van der Waals surface area (Å²) in [5, 5.41) is 7.07. The number of hydrogen-bond donors (Lipinski definition) is 1. The molecule has 122 valence electrons. The van der Waals surface area contributed by atoms with E-state index in [-0.39, 0.29) is 17.8 Å². The van der Waals surface area contributed by atoms with Gasteiger partial charge < -0.3 is 5.32 Å². The molecule has 4 nitrogen and oxygen atoms in total. The van der Waals surface area contributed by atoms with Gasteiger partial charge in [-0.05, 0) is 48.4 Å². The van der Waals surface area contributed by atoms with E-state index < -0.39 is 0 Å². The lowest BCUT2D eigenvalue weighted by Gasteiger charge is -2.14. The lowest BCUT2D eigenvalue weighted by atomic mass is 10.0. The van der Waals surface area contributed by atoms with Gasteiger partial charge in [0.05, 0.1) is 6.54 Å². The van der Waals surface area contributed by atoms with Gasteiger partial charge in [-0.2, -0.15) is 5.10 Å². The van der Waals surface area contributed by atoms with Crippen molar-refractivity contribution in [3.8, 4) is 11.1 Å². The third-order valence-corrected chi connectivity index (χ3v) is 3.70. The summed E-state index contributed by atoms with van der Waals surface area (Å²) in [6, 6.07) is 15.3. The molecule has 0 aliphatic rings. The van der Waals surface area contributed by atoms with Gasteiger partial charge in [-0.15, -0.1) is 0 Å². The van der Waals surface area contributed by atoms with Gasteiger partial charge in [-0.3, -0.25) is 9.48 Å². The second-order valence-electron chi connectivity index (χ2n) is 5.69. The molecule has 0 saturated heterocycles. The van der Waals surface area contributed by atoms with E-state index in [2.05, 4.69) is 10.4 Å². The average Bonchev–Trinajstić information content (AvgIpc) is 3.07. The zero-order valence-corrected chi connectivity index (χ0v) is 13.3. The second kappa shape index (κ2) is 7.08. The second-order valence-corrected chi connectivity index (χ2v) is 5.69. The van der Waals surface area contributed by atoms with Crippen LogP contribution in [-0.2, 0) is 6.54 Å². The quantitative estimate of drug-likeness (QED) is 0.781. The van der Waals surface area contributed by atoms with Gasteiger partial charge >= 0.3 is 0 Å². The highest BCUT2D eigenvalue weighted by Gasteiger charge is 2.10. The number of benzene rings is 2. The molecule has 1 heterocycles. The van der Waals surface area contributed by atoms with Crippen molar-refractivity contribution < 1.29 is 9.18 Å². The summed E-state index contributed by atoms with van der Waals surface area (Å²) >= 11 is 0. The Morgan fingerprint density at radius 2 is 1.96 bits per heavy atom. The fourth-order valence-electron chi connectivity index (χ4n) is 2.52. The van der Waals surface area contributed by atoms with Crippen LogP contribution in [0.4, 0.5) is 4.39 Å². The molecule has 1 aromatic heterocycles. The molecule has 0 saturated carbocycles. The Labute approximate surface area is 139 Å². The highest BCUT2D eigenvalue weighted by Crippen LogP contribution is 2.20. The van der Waals surface area contributed by atoms with Crippen LogP contribution < -0.4 is 5.32 Å². The van der Waals surface area contributed by atoms with E-state index in [1.165, 1.54) is 12.1 Å². The van der Waals surface area contributed by atoms with Crippen molar-refractivity contribution in [2.45, 2.75) is 19.5 Å². The summed E-state index contributed by atoms with van der Waals surface area (Å²) in [6.45, 7) is 2.54. The molecule has 1 atom stereocenters. The van der Waals surface area contributed by atoms with Crippen molar-refractivity contribution in [3.05, 3.63) is 78.4 Å². The first kappa shape index (κ1) is 15.9. The molecule has 0 radical (unpaired) electrons. The summed E-state index contributed by atoms with van der Waals surface area (Å²) in [4.78, 5) is 12.3. The molecule has 3 aromatic rings. The number of carbonyl (C=O) groups excluding carboxylic acids is 1. The number of amides is 1. The standard InChI is InChI=1S/C19H18FN3O/c1-14(13-23-11-3-10-21-23)22-19(24)16-8-6-15(7-9-16)17-4-2-5-18(20)12-17/h2-12,14H,13H2,1H3,(H,22,24)/t14-/m1/s1. The number of carbonyl (C=O) groups is 1. The number of halogens is 1. The lowest BCUT2D eigenvalue weighted by Crippen LogP contribution is -2.35. The van der Waals surface area contributed by atoms with Crippen molar-refractivity contribution in [3.63, 3.8) is 0 Å². The van der Waals surface area contributed by atoms with Crippen LogP contribution >= 0.6 is 0 Å². The van der Waals surface area contributed by atoms with Gasteiger partial charge in [-0.1, -0.05) is 24.3 Å². The van der Waals surface area contributed by atoms with Crippen LogP contribution in [-0.4, -0.2) is 21.7 Å². The summed E-state index contributed by atoms with van der Waals surface area (Å²) in [5.74, 6) is -0.415. The molecule has 0 aliphatic heterocycles. The van der Waals surface area contributed by atoms with Crippen LogP contribution in [0.3, 0.4) is 0 Å². The number of aromatic nitrogens is 2. The first-order valence-corrected chi connectivity index (χ1v) is 7.76. The van der Waals surface area contributed by atoms with Gasteiger partial charge in [0.15, 0.2) is 0 Å². The zero-order chi connectivity index (χ0) is 16.9. The topological polar surface area (TPSA) is 46.9 Å². The molecule has 3 rings (SSSR count). The van der Waals surface area contributed by atoms with Gasteiger partial charge in [0.25, 0.3) is 5.91 Å². The number of hydrogen-bond acceptors (Lipinski definition) is 2. The Morgan fingerprint density at radius 3 is 2.62 bits per heavy atom. The van der Waals surface area contributed by atoms with Crippen LogP contribution in [0.1, 0.15) is 17.3 Å². The summed E-state index contributed by atoms with van der Waals surface area (Å²) in [6.07, 6.45) is 3.57. The highest BCUT2D eigenvalue weighted by atomic mass is 19.1. The minimum atomic E-state index is -0.276. The maximum Gasteiger partial charge on any atom is 0.251 e. The van der Waals surface area contributed by atoms with Crippen LogP contribution in [0, 0.1) is 5.82 Å². The molecule has 5 heteroatoms. The summed E-state index contributed by atoms with van der Waals surface area (Å²) in [5.41, 5.74) is 2.23. The molecule has 0 fully saturated rings. The molecule has 0 spiro atoms. The Morgan fingerprint density at radius 1 is 1.17 bits per heavy atom. The summed E-state index contributed by atoms with van der Waals surface area (Å²) in [7, 11) is 0. The molecular weight excluding hydrogens is 305 g/mol. The molecule has 1 N–H and O–H groups in total. The molecule has 0 aliphatic carbocycles. The summed E-state index contributed by atoms with van der Waals surface area (Å²) < 4.78 is 15.1. The first-order valence-electron chi connectivity index (χ1n) is 7.76. The largest absolute Gasteiger partial charge is 0.348 e. The van der Waals surface area contributed by atoms with Gasteiger partial charge in [0.1, 0.15) is 5.82 Å². The maximum atomic E-state index is 13.3. The Kier molecular flexibility index (Phi) is 4.70. The molecular formula is C19H18FN3O. The third kappa shape index (κ3) is 3.87. The molecule has 0 unspecified atom stereocenters. The Hall–Kier alpha value is -2.95. The number of nitrogens with zero attached hydrogens (tertiary/aromatic N) is 2. The predicted octanol–water partition coefficient (Wildman–Crippen LogP) is 3.51. The van der Waals surface area contributed by atoms with Crippen LogP contribution in [0.25, 0.3) is 11.1 Å². The average molecular weight is 323 g/mol. The van der Waals surface area contributed by atoms with Crippen LogP contribution in [0.2, 0.25) is 0 Å².